The molecule has 0 aliphatic carbocycles. The van der Waals surface area contributed by atoms with Gasteiger partial charge in [0.15, 0.2) is 0 Å². The van der Waals surface area contributed by atoms with E-state index in [4.69, 9.17) is 4.74 Å². The fourth-order valence-electron chi connectivity index (χ4n) is 3.42. The van der Waals surface area contributed by atoms with Crippen molar-refractivity contribution in [1.29, 1.82) is 0 Å². The van der Waals surface area contributed by atoms with Gasteiger partial charge in [0.05, 0.1) is 0 Å². The number of likely N-dealkylation sites (tertiary alicyclic amines) is 1. The van der Waals surface area contributed by atoms with Gasteiger partial charge in [-0.15, -0.1) is 12.4 Å². The number of hydrogen-bond donors (Lipinski definition) is 2. The lowest BCUT2D eigenvalue weighted by molar-refractivity contribution is -0.127. The molecule has 0 saturated carbocycles. The van der Waals surface area contributed by atoms with E-state index in [0.717, 1.165) is 64.9 Å². The zero-order valence-corrected chi connectivity index (χ0v) is 14.8. The third kappa shape index (κ3) is 6.41. The van der Waals surface area contributed by atoms with Gasteiger partial charge in [-0.1, -0.05) is 0 Å². The molecule has 0 aromatic carbocycles. The monoisotopic (exact) mass is 333 g/mol. The van der Waals surface area contributed by atoms with Crippen LogP contribution in [-0.4, -0.2) is 62.8 Å². The molecule has 2 heterocycles. The summed E-state index contributed by atoms with van der Waals surface area (Å²) < 4.78 is 5.09. The molecule has 22 heavy (non-hydrogen) atoms. The van der Waals surface area contributed by atoms with Gasteiger partial charge >= 0.3 is 0 Å². The highest BCUT2D eigenvalue weighted by Crippen LogP contribution is 2.18. The topological polar surface area (TPSA) is 53.6 Å². The van der Waals surface area contributed by atoms with Crippen LogP contribution < -0.4 is 10.6 Å². The Morgan fingerprint density at radius 2 is 2.05 bits per heavy atom. The summed E-state index contributed by atoms with van der Waals surface area (Å²) in [5.41, 5.74) is 0. The van der Waals surface area contributed by atoms with Gasteiger partial charge in [-0.25, -0.2) is 0 Å². The van der Waals surface area contributed by atoms with Crippen LogP contribution in [0, 0.1) is 5.92 Å². The first kappa shape index (κ1) is 19.7. The number of amides is 1. The molecule has 2 aliphatic rings. The summed E-state index contributed by atoms with van der Waals surface area (Å²) in [7, 11) is 1.75. The van der Waals surface area contributed by atoms with Gasteiger partial charge in [-0.3, -0.25) is 4.79 Å². The van der Waals surface area contributed by atoms with Crippen LogP contribution in [0.25, 0.3) is 0 Å². The summed E-state index contributed by atoms with van der Waals surface area (Å²) in [6.45, 7) is 7.27. The average Bonchev–Trinajstić information content (AvgIpc) is 2.49. The lowest BCUT2D eigenvalue weighted by atomic mass is 9.92. The molecular formula is C16H32ClN3O2. The van der Waals surface area contributed by atoms with Crippen LogP contribution >= 0.6 is 12.4 Å². The number of piperidine rings is 2. The molecule has 0 unspecified atom stereocenters. The number of carbonyl (C=O) groups is 1. The van der Waals surface area contributed by atoms with E-state index < -0.39 is 0 Å². The van der Waals surface area contributed by atoms with Crippen molar-refractivity contribution in [2.75, 3.05) is 39.9 Å². The van der Waals surface area contributed by atoms with Crippen molar-refractivity contribution >= 4 is 18.3 Å². The first-order valence-electron chi connectivity index (χ1n) is 8.44. The number of hydrogen-bond acceptors (Lipinski definition) is 4. The molecule has 2 rings (SSSR count). The van der Waals surface area contributed by atoms with Crippen molar-refractivity contribution in [3.8, 4) is 0 Å². The lowest BCUT2D eigenvalue weighted by Crippen LogP contribution is -2.49. The second kappa shape index (κ2) is 10.4. The first-order chi connectivity index (χ1) is 10.2. The number of rotatable bonds is 6. The van der Waals surface area contributed by atoms with Gasteiger partial charge in [-0.05, 0) is 45.6 Å². The van der Waals surface area contributed by atoms with E-state index in [0.29, 0.717) is 12.1 Å². The van der Waals surface area contributed by atoms with Gasteiger partial charge in [0.25, 0.3) is 0 Å². The van der Waals surface area contributed by atoms with Crippen molar-refractivity contribution < 1.29 is 9.53 Å². The van der Waals surface area contributed by atoms with Crippen LogP contribution in [-0.2, 0) is 9.53 Å². The molecule has 130 valence electrons. The minimum absolute atomic E-state index is 0. The summed E-state index contributed by atoms with van der Waals surface area (Å²) in [5.74, 6) is 0.488. The first-order valence-corrected chi connectivity index (χ1v) is 8.44. The smallest absolute Gasteiger partial charge is 0.223 e. The average molecular weight is 334 g/mol. The Bertz CT molecular complexity index is 323. The molecule has 2 N–H and O–H groups in total. The summed E-state index contributed by atoms with van der Waals surface area (Å²) in [6.07, 6.45) is 5.21. The van der Waals surface area contributed by atoms with Crippen LogP contribution in [0.5, 0.6) is 0 Å². The van der Waals surface area contributed by atoms with Crippen LogP contribution in [0.4, 0.5) is 0 Å². The SMILES string of the molecule is COCCCN1CCC(NC(=O)[C@H]2CCN[C@@H](C)C2)CC1.Cl. The van der Waals surface area contributed by atoms with E-state index in [9.17, 15) is 4.79 Å². The predicted molar refractivity (Wildman–Crippen MR) is 91.5 cm³/mol. The van der Waals surface area contributed by atoms with E-state index in [1.54, 1.807) is 7.11 Å². The van der Waals surface area contributed by atoms with Gasteiger partial charge < -0.3 is 20.3 Å². The van der Waals surface area contributed by atoms with E-state index in [2.05, 4.69) is 22.5 Å². The third-order valence-electron chi connectivity index (χ3n) is 4.75. The fourth-order valence-corrected chi connectivity index (χ4v) is 3.42. The standard InChI is InChI=1S/C16H31N3O2.ClH/c1-13-12-14(4-7-17-13)16(20)18-15-5-9-19(10-6-15)8-3-11-21-2;/h13-15,17H,3-12H2,1-2H3,(H,18,20);1H/t13-,14-;/m0./s1. The number of carbonyl (C=O) groups excluding carboxylic acids is 1. The summed E-state index contributed by atoms with van der Waals surface area (Å²) in [4.78, 5) is 14.8. The molecule has 5 nitrogen and oxygen atoms in total. The van der Waals surface area contributed by atoms with E-state index in [1.165, 1.54) is 0 Å². The summed E-state index contributed by atoms with van der Waals surface area (Å²) >= 11 is 0. The van der Waals surface area contributed by atoms with Crippen molar-refractivity contribution in [2.24, 2.45) is 5.92 Å². The van der Waals surface area contributed by atoms with Crippen LogP contribution in [0.1, 0.15) is 39.0 Å². The van der Waals surface area contributed by atoms with Gasteiger partial charge in [-0.2, -0.15) is 0 Å². The number of halogens is 1. The van der Waals surface area contributed by atoms with Gasteiger partial charge in [0.1, 0.15) is 0 Å². The molecule has 0 spiro atoms. The zero-order valence-electron chi connectivity index (χ0n) is 14.0. The molecule has 1 amide bonds. The van der Waals surface area contributed by atoms with Crippen LogP contribution in [0.15, 0.2) is 0 Å². The highest BCUT2D eigenvalue weighted by Gasteiger charge is 2.27. The Morgan fingerprint density at radius 3 is 2.68 bits per heavy atom. The molecule has 2 saturated heterocycles. The summed E-state index contributed by atoms with van der Waals surface area (Å²) in [6, 6.07) is 0.846. The number of nitrogens with one attached hydrogen (secondary N) is 2. The third-order valence-corrected chi connectivity index (χ3v) is 4.75. The molecule has 0 bridgehead atoms. The number of methoxy groups -OCH3 is 1. The molecule has 2 aliphatic heterocycles. The quantitative estimate of drug-likeness (QED) is 0.722. The maximum absolute atomic E-state index is 12.3. The van der Waals surface area contributed by atoms with Gasteiger partial charge in [0, 0.05) is 51.4 Å². The van der Waals surface area contributed by atoms with Gasteiger partial charge in [0.2, 0.25) is 5.91 Å². The molecule has 6 heteroatoms. The lowest BCUT2D eigenvalue weighted by Gasteiger charge is -2.34. The molecular weight excluding hydrogens is 302 g/mol. The van der Waals surface area contributed by atoms with Crippen LogP contribution in [0.2, 0.25) is 0 Å². The van der Waals surface area contributed by atoms with Crippen molar-refractivity contribution in [1.82, 2.24) is 15.5 Å². The maximum Gasteiger partial charge on any atom is 0.223 e. The Hall–Kier alpha value is -0.360. The van der Waals surface area contributed by atoms with Crippen LogP contribution in [0.3, 0.4) is 0 Å². The second-order valence-corrected chi connectivity index (χ2v) is 6.55. The Kier molecular flexibility index (Phi) is 9.33. The molecule has 2 fully saturated rings. The van der Waals surface area contributed by atoms with E-state index in [-0.39, 0.29) is 24.2 Å². The normalized spacial score (nSPS) is 27.2. The van der Waals surface area contributed by atoms with Crippen molar-refractivity contribution in [3.05, 3.63) is 0 Å². The van der Waals surface area contributed by atoms with E-state index in [1.807, 2.05) is 0 Å². The van der Waals surface area contributed by atoms with Crippen molar-refractivity contribution in [3.63, 3.8) is 0 Å². The Balaban J connectivity index is 0.00000242. The number of nitrogens with zero attached hydrogens (tertiary/aromatic N) is 1. The van der Waals surface area contributed by atoms with Crippen molar-refractivity contribution in [2.45, 2.75) is 51.1 Å². The largest absolute Gasteiger partial charge is 0.385 e. The maximum atomic E-state index is 12.3. The molecule has 0 radical (unpaired) electrons. The summed E-state index contributed by atoms with van der Waals surface area (Å²) in [5, 5.41) is 6.68. The fraction of sp³-hybridized carbons (Fsp3) is 0.938. The highest BCUT2D eigenvalue weighted by molar-refractivity contribution is 5.85. The highest BCUT2D eigenvalue weighted by atomic mass is 35.5. The zero-order chi connectivity index (χ0) is 15.1. The Morgan fingerprint density at radius 1 is 1.32 bits per heavy atom. The second-order valence-electron chi connectivity index (χ2n) is 6.55. The number of ether oxygens (including phenoxy) is 1. The Labute approximate surface area is 140 Å². The molecule has 2 atom stereocenters. The minimum Gasteiger partial charge on any atom is -0.385 e. The molecule has 0 aromatic rings. The minimum atomic E-state index is 0. The predicted octanol–water partition coefficient (Wildman–Crippen LogP) is 1.41. The molecule has 0 aromatic heterocycles. The van der Waals surface area contributed by atoms with E-state index >= 15 is 0 Å².